The average molecular weight is 382 g/mol. The molecule has 0 heterocycles. The van der Waals surface area contributed by atoms with E-state index < -0.39 is 20.0 Å². The number of nitrogens with zero attached hydrogens (tertiary/aromatic N) is 1. The van der Waals surface area contributed by atoms with Gasteiger partial charge in [0.1, 0.15) is 0 Å². The van der Waals surface area contributed by atoms with E-state index in [4.69, 9.17) is 14.2 Å². The van der Waals surface area contributed by atoms with Crippen LogP contribution >= 0.6 is 0 Å². The Morgan fingerprint density at radius 2 is 1.46 bits per heavy atom. The lowest BCUT2D eigenvalue weighted by Crippen LogP contribution is -2.37. The summed E-state index contributed by atoms with van der Waals surface area (Å²) < 4.78 is 65.4. The fraction of sp³-hybridized carbons (Fsp3) is 0.538. The van der Waals surface area contributed by atoms with Crippen LogP contribution < -0.4 is 23.2 Å². The summed E-state index contributed by atoms with van der Waals surface area (Å²) in [6.45, 7) is -0.174. The van der Waals surface area contributed by atoms with Crippen LogP contribution in [-0.4, -0.2) is 63.8 Å². The molecule has 0 saturated heterocycles. The quantitative estimate of drug-likeness (QED) is 0.641. The van der Waals surface area contributed by atoms with Crippen molar-refractivity contribution in [1.82, 2.24) is 4.72 Å². The Morgan fingerprint density at radius 3 is 1.79 bits per heavy atom. The van der Waals surface area contributed by atoms with Crippen molar-refractivity contribution in [3.05, 3.63) is 12.1 Å². The maximum absolute atomic E-state index is 12.1. The van der Waals surface area contributed by atoms with Gasteiger partial charge in [-0.05, 0) is 0 Å². The maximum Gasteiger partial charge on any atom is 0.232 e. The summed E-state index contributed by atoms with van der Waals surface area (Å²) in [6, 6.07) is 2.95. The van der Waals surface area contributed by atoms with E-state index in [1.54, 1.807) is 0 Å². The van der Waals surface area contributed by atoms with Gasteiger partial charge < -0.3 is 14.2 Å². The molecule has 0 aromatic heterocycles. The molecule has 24 heavy (non-hydrogen) atoms. The second-order valence-corrected chi connectivity index (χ2v) is 8.62. The van der Waals surface area contributed by atoms with Crippen LogP contribution in [0.4, 0.5) is 5.69 Å². The molecule has 138 valence electrons. The first-order valence-electron chi connectivity index (χ1n) is 6.76. The number of ether oxygens (including phenoxy) is 3. The Hall–Kier alpha value is -1.72. The zero-order valence-corrected chi connectivity index (χ0v) is 15.8. The number of hydrogen-bond donors (Lipinski definition) is 1. The minimum atomic E-state index is -3.66. The van der Waals surface area contributed by atoms with Gasteiger partial charge in [0, 0.05) is 25.2 Å². The third-order valence-electron chi connectivity index (χ3n) is 3.02. The first kappa shape index (κ1) is 20.3. The summed E-state index contributed by atoms with van der Waals surface area (Å²) >= 11 is 0. The first-order chi connectivity index (χ1) is 11.0. The topological polar surface area (TPSA) is 111 Å². The highest BCUT2D eigenvalue weighted by atomic mass is 32.2. The molecule has 0 radical (unpaired) electrons. The van der Waals surface area contributed by atoms with E-state index in [2.05, 4.69) is 4.72 Å². The van der Waals surface area contributed by atoms with Gasteiger partial charge >= 0.3 is 0 Å². The zero-order chi connectivity index (χ0) is 18.5. The molecule has 0 bridgehead atoms. The molecule has 0 fully saturated rings. The minimum Gasteiger partial charge on any atom is -0.493 e. The zero-order valence-electron chi connectivity index (χ0n) is 14.2. The maximum atomic E-state index is 12.1. The van der Waals surface area contributed by atoms with Crippen LogP contribution in [0.5, 0.6) is 17.2 Å². The van der Waals surface area contributed by atoms with E-state index in [9.17, 15) is 16.8 Å². The molecule has 1 N–H and O–H groups in total. The normalized spacial score (nSPS) is 11.9. The van der Waals surface area contributed by atoms with E-state index in [0.717, 1.165) is 16.8 Å². The summed E-state index contributed by atoms with van der Waals surface area (Å²) in [6.07, 6.45) is 2.02. The summed E-state index contributed by atoms with van der Waals surface area (Å²) in [4.78, 5) is 0. The lowest BCUT2D eigenvalue weighted by Gasteiger charge is -2.24. The second kappa shape index (κ2) is 7.90. The molecular weight excluding hydrogens is 360 g/mol. The molecule has 0 amide bonds. The Labute approximate surface area is 142 Å². The average Bonchev–Trinajstić information content (AvgIpc) is 2.47. The first-order valence-corrected chi connectivity index (χ1v) is 10.5. The largest absolute Gasteiger partial charge is 0.493 e. The van der Waals surface area contributed by atoms with Crippen molar-refractivity contribution in [1.29, 1.82) is 0 Å². The van der Waals surface area contributed by atoms with E-state index in [1.165, 1.54) is 33.5 Å². The number of sulfonamides is 2. The second-order valence-electron chi connectivity index (χ2n) is 4.89. The monoisotopic (exact) mass is 382 g/mol. The lowest BCUT2D eigenvalue weighted by molar-refractivity contribution is 0.324. The Morgan fingerprint density at radius 1 is 0.958 bits per heavy atom. The van der Waals surface area contributed by atoms with Crippen LogP contribution in [0.3, 0.4) is 0 Å². The molecule has 0 aliphatic carbocycles. The van der Waals surface area contributed by atoms with Gasteiger partial charge in [0.05, 0.1) is 39.5 Å². The fourth-order valence-electron chi connectivity index (χ4n) is 2.03. The Balaban J connectivity index is 3.28. The van der Waals surface area contributed by atoms with Crippen molar-refractivity contribution < 1.29 is 31.0 Å². The summed E-state index contributed by atoms with van der Waals surface area (Å²) in [5, 5.41) is 0. The van der Waals surface area contributed by atoms with E-state index >= 15 is 0 Å². The highest BCUT2D eigenvalue weighted by Gasteiger charge is 2.22. The molecule has 11 heteroatoms. The van der Waals surface area contributed by atoms with Crippen LogP contribution in [0.2, 0.25) is 0 Å². The number of benzene rings is 1. The van der Waals surface area contributed by atoms with Crippen molar-refractivity contribution in [3.63, 3.8) is 0 Å². The molecule has 9 nitrogen and oxygen atoms in total. The minimum absolute atomic E-state index is 0.0808. The number of nitrogens with one attached hydrogen (secondary N) is 1. The molecule has 0 saturated carbocycles. The fourth-order valence-corrected chi connectivity index (χ4v) is 3.40. The summed E-state index contributed by atoms with van der Waals surface area (Å²) in [5.41, 5.74) is 0.266. The standard InChI is InChI=1S/C13H22N2O7S2/c1-20-11-8-10(9-12(21-2)13(11)22-3)15(24(5,18)19)7-6-14-23(4,16)17/h8-9,14H,6-7H2,1-5H3. The number of methoxy groups -OCH3 is 3. The summed E-state index contributed by atoms with van der Waals surface area (Å²) in [7, 11) is -2.82. The van der Waals surface area contributed by atoms with Crippen LogP contribution in [-0.2, 0) is 20.0 Å². The van der Waals surface area contributed by atoms with Crippen molar-refractivity contribution in [3.8, 4) is 17.2 Å². The molecule has 0 spiro atoms. The molecular formula is C13H22N2O7S2. The molecule has 1 aromatic carbocycles. The highest BCUT2D eigenvalue weighted by Crippen LogP contribution is 2.41. The van der Waals surface area contributed by atoms with Crippen molar-refractivity contribution in [2.75, 3.05) is 51.2 Å². The van der Waals surface area contributed by atoms with Crippen molar-refractivity contribution in [2.24, 2.45) is 0 Å². The smallest absolute Gasteiger partial charge is 0.232 e. The van der Waals surface area contributed by atoms with Gasteiger partial charge in [-0.1, -0.05) is 0 Å². The molecule has 0 aliphatic rings. The number of hydrogen-bond acceptors (Lipinski definition) is 7. The van der Waals surface area contributed by atoms with Gasteiger partial charge in [0.15, 0.2) is 11.5 Å². The van der Waals surface area contributed by atoms with Gasteiger partial charge in [-0.3, -0.25) is 4.31 Å². The van der Waals surface area contributed by atoms with Gasteiger partial charge in [-0.25, -0.2) is 21.6 Å². The predicted molar refractivity (Wildman–Crippen MR) is 91.1 cm³/mol. The molecule has 1 rings (SSSR count). The van der Waals surface area contributed by atoms with Gasteiger partial charge in [0.25, 0.3) is 0 Å². The van der Waals surface area contributed by atoms with E-state index in [-0.39, 0.29) is 30.3 Å². The molecule has 1 aromatic rings. The van der Waals surface area contributed by atoms with Gasteiger partial charge in [-0.15, -0.1) is 0 Å². The SMILES string of the molecule is COc1cc(N(CCNS(C)(=O)=O)S(C)(=O)=O)cc(OC)c1OC. The van der Waals surface area contributed by atoms with Crippen molar-refractivity contribution >= 4 is 25.7 Å². The lowest BCUT2D eigenvalue weighted by atomic mass is 10.2. The molecule has 0 atom stereocenters. The van der Waals surface area contributed by atoms with Gasteiger partial charge in [-0.2, -0.15) is 0 Å². The molecule has 0 unspecified atom stereocenters. The summed E-state index contributed by atoms with van der Waals surface area (Å²) in [5.74, 6) is 0.902. The van der Waals surface area contributed by atoms with Crippen LogP contribution in [0, 0.1) is 0 Å². The van der Waals surface area contributed by atoms with Crippen LogP contribution in [0.1, 0.15) is 0 Å². The highest BCUT2D eigenvalue weighted by molar-refractivity contribution is 7.92. The van der Waals surface area contributed by atoms with E-state index in [1.807, 2.05) is 0 Å². The third-order valence-corrected chi connectivity index (χ3v) is 4.94. The van der Waals surface area contributed by atoms with Crippen LogP contribution in [0.25, 0.3) is 0 Å². The third kappa shape index (κ3) is 5.42. The predicted octanol–water partition coefficient (Wildman–Crippen LogP) is 0.0276. The Kier molecular flexibility index (Phi) is 6.69. The molecule has 0 aliphatic heterocycles. The Bertz CT molecular complexity index is 751. The van der Waals surface area contributed by atoms with Crippen molar-refractivity contribution in [2.45, 2.75) is 0 Å². The number of rotatable bonds is 9. The number of anilines is 1. The van der Waals surface area contributed by atoms with Crippen LogP contribution in [0.15, 0.2) is 12.1 Å². The van der Waals surface area contributed by atoms with Gasteiger partial charge in [0.2, 0.25) is 25.8 Å². The van der Waals surface area contributed by atoms with E-state index in [0.29, 0.717) is 5.75 Å².